The third-order valence-corrected chi connectivity index (χ3v) is 5.66. The average molecular weight is 477 g/mol. The lowest BCUT2D eigenvalue weighted by atomic mass is 10.1. The second-order valence-electron chi connectivity index (χ2n) is 6.47. The Morgan fingerprint density at radius 2 is 2.06 bits per heavy atom. The van der Waals surface area contributed by atoms with Crippen LogP contribution in [0.3, 0.4) is 0 Å². The molecule has 0 aliphatic carbocycles. The van der Waals surface area contributed by atoms with E-state index in [1.54, 1.807) is 12.1 Å². The van der Waals surface area contributed by atoms with Gasteiger partial charge in [-0.05, 0) is 47.1 Å². The number of thioether (sulfide) groups is 1. The minimum atomic E-state index is -0.815. The average Bonchev–Trinajstić information content (AvgIpc) is 3.39. The Kier molecular flexibility index (Phi) is 6.32. The number of pyridine rings is 1. The molecule has 2 N–H and O–H groups in total. The maximum absolute atomic E-state index is 13.5. The van der Waals surface area contributed by atoms with Crippen molar-refractivity contribution in [2.24, 2.45) is 0 Å². The number of hydrogen-bond acceptors (Lipinski definition) is 10. The van der Waals surface area contributed by atoms with Crippen molar-refractivity contribution in [1.82, 2.24) is 25.0 Å². The van der Waals surface area contributed by atoms with Crippen LogP contribution in [0.25, 0.3) is 17.2 Å². The SMILES string of the molecule is Nc1ccc(C(=O)CCCSc2nonc2-c2noc(=O)n2-c2ccc(F)c(Cl)c2)cn1. The molecule has 0 amide bonds. The molecule has 164 valence electrons. The number of ketones is 1. The first-order valence-corrected chi connectivity index (χ1v) is 10.5. The molecular formula is C19H14ClFN6O4S. The van der Waals surface area contributed by atoms with Gasteiger partial charge in [0.05, 0.1) is 10.7 Å². The Morgan fingerprint density at radius 3 is 2.81 bits per heavy atom. The number of nitrogens with two attached hydrogens (primary N) is 1. The van der Waals surface area contributed by atoms with Gasteiger partial charge in [-0.25, -0.2) is 23.4 Å². The number of Topliss-reactive ketones (excluding diaryl/α,β-unsaturated/α-hetero) is 1. The minimum absolute atomic E-state index is 0.0189. The number of nitrogen functional groups attached to an aromatic ring is 1. The van der Waals surface area contributed by atoms with Gasteiger partial charge >= 0.3 is 5.76 Å². The summed E-state index contributed by atoms with van der Waals surface area (Å²) in [7, 11) is 0. The summed E-state index contributed by atoms with van der Waals surface area (Å²) in [5, 5.41) is 11.6. The molecule has 10 nitrogen and oxygen atoms in total. The molecule has 4 aromatic rings. The lowest BCUT2D eigenvalue weighted by Gasteiger charge is -2.04. The van der Waals surface area contributed by atoms with E-state index in [4.69, 9.17) is 26.5 Å². The smallest absolute Gasteiger partial charge is 0.384 e. The maximum atomic E-state index is 13.5. The Hall–Kier alpha value is -3.51. The van der Waals surface area contributed by atoms with Crippen LogP contribution in [-0.2, 0) is 0 Å². The first-order valence-electron chi connectivity index (χ1n) is 9.18. The summed E-state index contributed by atoms with van der Waals surface area (Å²) in [5.41, 5.74) is 6.41. The molecule has 0 aliphatic heterocycles. The molecule has 0 aliphatic rings. The highest BCUT2D eigenvalue weighted by molar-refractivity contribution is 7.99. The molecule has 0 atom stereocenters. The summed E-state index contributed by atoms with van der Waals surface area (Å²) in [4.78, 5) is 28.3. The molecular weight excluding hydrogens is 463 g/mol. The molecule has 0 saturated heterocycles. The monoisotopic (exact) mass is 476 g/mol. The zero-order valence-electron chi connectivity index (χ0n) is 16.2. The number of halogens is 2. The molecule has 32 heavy (non-hydrogen) atoms. The molecule has 0 fully saturated rings. The number of benzene rings is 1. The van der Waals surface area contributed by atoms with Crippen molar-refractivity contribution < 1.29 is 18.3 Å². The molecule has 3 heterocycles. The van der Waals surface area contributed by atoms with Crippen LogP contribution >= 0.6 is 23.4 Å². The fourth-order valence-corrected chi connectivity index (χ4v) is 3.79. The number of anilines is 1. The van der Waals surface area contributed by atoms with Crippen molar-refractivity contribution in [3.63, 3.8) is 0 Å². The summed E-state index contributed by atoms with van der Waals surface area (Å²) in [6.45, 7) is 0. The Balaban J connectivity index is 1.46. The van der Waals surface area contributed by atoms with Crippen LogP contribution in [0.4, 0.5) is 10.2 Å². The van der Waals surface area contributed by atoms with Crippen LogP contribution in [0, 0.1) is 5.82 Å². The number of aromatic nitrogens is 5. The molecule has 0 unspecified atom stereocenters. The fourth-order valence-electron chi connectivity index (χ4n) is 2.78. The largest absolute Gasteiger partial charge is 0.446 e. The van der Waals surface area contributed by atoms with E-state index in [-0.39, 0.29) is 28.0 Å². The first kappa shape index (κ1) is 21.7. The summed E-state index contributed by atoms with van der Waals surface area (Å²) in [5.74, 6) is -0.632. The minimum Gasteiger partial charge on any atom is -0.384 e. The van der Waals surface area contributed by atoms with E-state index in [0.29, 0.717) is 35.0 Å². The van der Waals surface area contributed by atoms with Gasteiger partial charge in [0.25, 0.3) is 0 Å². The van der Waals surface area contributed by atoms with Crippen molar-refractivity contribution >= 4 is 35.0 Å². The van der Waals surface area contributed by atoms with Gasteiger partial charge in [0.1, 0.15) is 11.6 Å². The summed E-state index contributed by atoms with van der Waals surface area (Å²) >= 11 is 7.09. The molecule has 4 rings (SSSR count). The van der Waals surface area contributed by atoms with Gasteiger partial charge in [-0.1, -0.05) is 16.8 Å². The van der Waals surface area contributed by atoms with Crippen LogP contribution in [0.5, 0.6) is 0 Å². The second kappa shape index (κ2) is 9.32. The van der Waals surface area contributed by atoms with E-state index in [0.717, 1.165) is 10.6 Å². The number of carbonyl (C=O) groups excluding carboxylic acids is 1. The lowest BCUT2D eigenvalue weighted by Crippen LogP contribution is -2.13. The topological polar surface area (TPSA) is 143 Å². The second-order valence-corrected chi connectivity index (χ2v) is 7.96. The van der Waals surface area contributed by atoms with E-state index in [9.17, 15) is 14.0 Å². The summed E-state index contributed by atoms with van der Waals surface area (Å²) in [6, 6.07) is 6.92. The third kappa shape index (κ3) is 4.55. The summed E-state index contributed by atoms with van der Waals surface area (Å²) in [6.07, 6.45) is 2.28. The maximum Gasteiger partial charge on any atom is 0.446 e. The lowest BCUT2D eigenvalue weighted by molar-refractivity contribution is 0.0981. The van der Waals surface area contributed by atoms with E-state index in [2.05, 4.69) is 20.5 Å². The molecule has 0 saturated carbocycles. The standard InChI is InChI=1S/C19H14ClFN6O4S/c20-12-8-11(4-5-13(12)21)27-17(25-30-19(27)29)16-18(26-31-24-16)32-7-1-2-14(28)10-3-6-15(22)23-9-10/h3-6,8-9H,1-2,7H2,(H2,22,23). The predicted octanol–water partition coefficient (Wildman–Crippen LogP) is 3.40. The highest BCUT2D eigenvalue weighted by Gasteiger charge is 2.23. The summed E-state index contributed by atoms with van der Waals surface area (Å²) < 4.78 is 24.1. The van der Waals surface area contributed by atoms with Gasteiger partial charge in [0.15, 0.2) is 16.5 Å². The van der Waals surface area contributed by atoms with Gasteiger partial charge in [0, 0.05) is 23.9 Å². The van der Waals surface area contributed by atoms with Gasteiger partial charge in [-0.2, -0.15) is 0 Å². The predicted molar refractivity (Wildman–Crippen MR) is 113 cm³/mol. The molecule has 0 spiro atoms. The van der Waals surface area contributed by atoms with Crippen LogP contribution in [0.15, 0.2) is 55.5 Å². The van der Waals surface area contributed by atoms with Crippen LogP contribution < -0.4 is 11.5 Å². The van der Waals surface area contributed by atoms with Crippen LogP contribution in [0.2, 0.25) is 5.02 Å². The van der Waals surface area contributed by atoms with Crippen molar-refractivity contribution in [3.05, 3.63) is 63.5 Å². The van der Waals surface area contributed by atoms with E-state index < -0.39 is 11.6 Å². The van der Waals surface area contributed by atoms with Gasteiger partial charge in [-0.3, -0.25) is 9.32 Å². The highest BCUT2D eigenvalue weighted by Crippen LogP contribution is 2.29. The first-order chi connectivity index (χ1) is 15.4. The molecule has 0 radical (unpaired) electrons. The van der Waals surface area contributed by atoms with Crippen molar-refractivity contribution in [2.45, 2.75) is 17.9 Å². The fraction of sp³-hybridized carbons (Fsp3) is 0.158. The number of nitrogens with zero attached hydrogens (tertiary/aromatic N) is 5. The van der Waals surface area contributed by atoms with Crippen LogP contribution in [0.1, 0.15) is 23.2 Å². The normalized spacial score (nSPS) is 11.1. The molecule has 0 bridgehead atoms. The Morgan fingerprint density at radius 1 is 1.22 bits per heavy atom. The molecule has 1 aromatic carbocycles. The zero-order valence-corrected chi connectivity index (χ0v) is 17.8. The van der Waals surface area contributed by atoms with Gasteiger partial charge in [0.2, 0.25) is 5.82 Å². The van der Waals surface area contributed by atoms with Gasteiger partial charge in [-0.15, -0.1) is 11.8 Å². The van der Waals surface area contributed by atoms with Crippen molar-refractivity contribution in [3.8, 4) is 17.2 Å². The van der Waals surface area contributed by atoms with E-state index in [1.165, 1.54) is 30.1 Å². The quantitative estimate of drug-likeness (QED) is 0.228. The van der Waals surface area contributed by atoms with Crippen molar-refractivity contribution in [2.75, 3.05) is 11.5 Å². The number of carbonyl (C=O) groups is 1. The Bertz CT molecular complexity index is 1320. The van der Waals surface area contributed by atoms with E-state index in [1.807, 2.05) is 0 Å². The number of hydrogen-bond donors (Lipinski definition) is 1. The Labute approximate surface area is 188 Å². The third-order valence-electron chi connectivity index (χ3n) is 4.33. The molecule has 13 heteroatoms. The van der Waals surface area contributed by atoms with Crippen molar-refractivity contribution in [1.29, 1.82) is 0 Å². The number of rotatable bonds is 8. The van der Waals surface area contributed by atoms with E-state index >= 15 is 0 Å². The zero-order chi connectivity index (χ0) is 22.7. The van der Waals surface area contributed by atoms with Gasteiger partial charge < -0.3 is 5.73 Å². The highest BCUT2D eigenvalue weighted by atomic mass is 35.5. The molecule has 3 aromatic heterocycles. The van der Waals surface area contributed by atoms with Crippen LogP contribution in [-0.4, -0.2) is 36.6 Å².